The summed E-state index contributed by atoms with van der Waals surface area (Å²) < 4.78 is 0. The summed E-state index contributed by atoms with van der Waals surface area (Å²) in [5, 5.41) is 3.50. The largest absolute Gasteiger partial charge is 0.317 e. The predicted molar refractivity (Wildman–Crippen MR) is 89.9 cm³/mol. The van der Waals surface area contributed by atoms with Gasteiger partial charge in [0.05, 0.1) is 0 Å². The van der Waals surface area contributed by atoms with E-state index in [9.17, 15) is 0 Å². The van der Waals surface area contributed by atoms with Crippen molar-refractivity contribution >= 4 is 12.4 Å². The average molecular weight is 297 g/mol. The van der Waals surface area contributed by atoms with E-state index in [1.54, 1.807) is 0 Å². The summed E-state index contributed by atoms with van der Waals surface area (Å²) in [6.45, 7) is 10.1. The number of halogens is 1. The van der Waals surface area contributed by atoms with Crippen LogP contribution in [-0.4, -0.2) is 31.1 Å². The van der Waals surface area contributed by atoms with Gasteiger partial charge in [-0.25, -0.2) is 0 Å². The SMILES string of the molecule is Cc1cc(C)c(CN(C)C2CCCNCC2)c(C)c1.Cl. The van der Waals surface area contributed by atoms with Gasteiger partial charge in [0.2, 0.25) is 0 Å². The highest BCUT2D eigenvalue weighted by atomic mass is 35.5. The molecule has 0 saturated carbocycles. The monoisotopic (exact) mass is 296 g/mol. The Morgan fingerprint density at radius 1 is 1.10 bits per heavy atom. The van der Waals surface area contributed by atoms with Gasteiger partial charge in [-0.1, -0.05) is 17.7 Å². The number of nitrogens with one attached hydrogen (secondary N) is 1. The standard InChI is InChI=1S/C17H28N2.ClH/c1-13-10-14(2)17(15(3)11-13)12-19(4)16-6-5-8-18-9-7-16;/h10-11,16,18H,5-9,12H2,1-4H3;1H. The third-order valence-electron chi connectivity index (χ3n) is 4.42. The van der Waals surface area contributed by atoms with E-state index >= 15 is 0 Å². The third-order valence-corrected chi connectivity index (χ3v) is 4.42. The van der Waals surface area contributed by atoms with Crippen molar-refractivity contribution in [2.75, 3.05) is 20.1 Å². The molecule has 0 amide bonds. The Hall–Kier alpha value is -0.570. The predicted octanol–water partition coefficient (Wildman–Crippen LogP) is 3.61. The first kappa shape index (κ1) is 17.5. The van der Waals surface area contributed by atoms with Gasteiger partial charge in [0.25, 0.3) is 0 Å². The zero-order chi connectivity index (χ0) is 13.8. The van der Waals surface area contributed by atoms with Crippen LogP contribution >= 0.6 is 12.4 Å². The molecule has 3 heteroatoms. The highest BCUT2D eigenvalue weighted by Gasteiger charge is 2.18. The van der Waals surface area contributed by atoms with Crippen molar-refractivity contribution in [1.29, 1.82) is 0 Å². The highest BCUT2D eigenvalue weighted by Crippen LogP contribution is 2.21. The zero-order valence-corrected chi connectivity index (χ0v) is 14.1. The van der Waals surface area contributed by atoms with E-state index in [0.29, 0.717) is 0 Å². The number of nitrogens with zero attached hydrogens (tertiary/aromatic N) is 1. The lowest BCUT2D eigenvalue weighted by molar-refractivity contribution is 0.216. The van der Waals surface area contributed by atoms with Crippen molar-refractivity contribution in [2.45, 2.75) is 52.6 Å². The molecule has 0 radical (unpaired) electrons. The molecule has 2 rings (SSSR count). The van der Waals surface area contributed by atoms with Gasteiger partial charge in [-0.3, -0.25) is 4.90 Å². The van der Waals surface area contributed by atoms with Crippen LogP contribution in [0.2, 0.25) is 0 Å². The van der Waals surface area contributed by atoms with Gasteiger partial charge in [0, 0.05) is 12.6 Å². The maximum atomic E-state index is 3.50. The van der Waals surface area contributed by atoms with E-state index in [-0.39, 0.29) is 12.4 Å². The summed E-state index contributed by atoms with van der Waals surface area (Å²) in [6.07, 6.45) is 3.91. The maximum absolute atomic E-state index is 3.50. The van der Waals surface area contributed by atoms with Gasteiger partial charge in [-0.15, -0.1) is 12.4 Å². The van der Waals surface area contributed by atoms with Crippen LogP contribution in [0, 0.1) is 20.8 Å². The van der Waals surface area contributed by atoms with Crippen LogP contribution in [0.25, 0.3) is 0 Å². The third kappa shape index (κ3) is 4.47. The van der Waals surface area contributed by atoms with Crippen LogP contribution in [0.3, 0.4) is 0 Å². The highest BCUT2D eigenvalue weighted by molar-refractivity contribution is 5.85. The molecule has 0 bridgehead atoms. The Morgan fingerprint density at radius 3 is 2.40 bits per heavy atom. The first-order valence-corrected chi connectivity index (χ1v) is 7.55. The molecule has 1 aliphatic heterocycles. The lowest BCUT2D eigenvalue weighted by atomic mass is 9.98. The van der Waals surface area contributed by atoms with Crippen molar-refractivity contribution in [2.24, 2.45) is 0 Å². The zero-order valence-electron chi connectivity index (χ0n) is 13.3. The van der Waals surface area contributed by atoms with Crippen molar-refractivity contribution in [1.82, 2.24) is 10.2 Å². The Balaban J connectivity index is 0.00000200. The average Bonchev–Trinajstić information content (AvgIpc) is 2.62. The second-order valence-electron chi connectivity index (χ2n) is 6.13. The summed E-state index contributed by atoms with van der Waals surface area (Å²) in [4.78, 5) is 2.55. The molecule has 1 N–H and O–H groups in total. The molecule has 1 aromatic carbocycles. The molecule has 0 aromatic heterocycles. The van der Waals surface area contributed by atoms with E-state index in [1.807, 2.05) is 0 Å². The van der Waals surface area contributed by atoms with Gasteiger partial charge in [0.15, 0.2) is 0 Å². The summed E-state index contributed by atoms with van der Waals surface area (Å²) in [6, 6.07) is 5.35. The number of hydrogen-bond acceptors (Lipinski definition) is 2. The van der Waals surface area contributed by atoms with Crippen molar-refractivity contribution in [3.8, 4) is 0 Å². The van der Waals surface area contributed by atoms with E-state index in [1.165, 1.54) is 54.6 Å². The fourth-order valence-electron chi connectivity index (χ4n) is 3.28. The molecule has 1 fully saturated rings. The molecule has 1 aliphatic rings. The van der Waals surface area contributed by atoms with Crippen molar-refractivity contribution in [3.63, 3.8) is 0 Å². The lowest BCUT2D eigenvalue weighted by Crippen LogP contribution is -2.32. The van der Waals surface area contributed by atoms with Crippen LogP contribution in [-0.2, 0) is 6.54 Å². The topological polar surface area (TPSA) is 15.3 Å². The minimum Gasteiger partial charge on any atom is -0.317 e. The molecule has 0 aliphatic carbocycles. The summed E-state index contributed by atoms with van der Waals surface area (Å²) in [5.74, 6) is 0. The van der Waals surface area contributed by atoms with Crippen LogP contribution < -0.4 is 5.32 Å². The summed E-state index contributed by atoms with van der Waals surface area (Å²) in [7, 11) is 2.29. The Bertz CT molecular complexity index is 400. The van der Waals surface area contributed by atoms with Crippen LogP contribution in [0.15, 0.2) is 12.1 Å². The molecule has 2 nitrogen and oxygen atoms in total. The van der Waals surface area contributed by atoms with Gasteiger partial charge >= 0.3 is 0 Å². The second kappa shape index (κ2) is 8.02. The lowest BCUT2D eigenvalue weighted by Gasteiger charge is -2.28. The van der Waals surface area contributed by atoms with E-state index in [2.05, 4.69) is 50.2 Å². The molecule has 1 unspecified atom stereocenters. The van der Waals surface area contributed by atoms with E-state index < -0.39 is 0 Å². The Morgan fingerprint density at radius 2 is 1.75 bits per heavy atom. The summed E-state index contributed by atoms with van der Waals surface area (Å²) in [5.41, 5.74) is 5.78. The molecular formula is C17H29ClN2. The minimum atomic E-state index is 0. The molecule has 1 aromatic rings. The van der Waals surface area contributed by atoms with E-state index in [0.717, 1.165) is 12.6 Å². The molecule has 114 valence electrons. The Kier molecular flexibility index (Phi) is 7.01. The normalized spacial score (nSPS) is 19.6. The maximum Gasteiger partial charge on any atom is 0.0238 e. The van der Waals surface area contributed by atoms with Gasteiger partial charge in [-0.05, 0) is 76.9 Å². The molecule has 1 atom stereocenters. The van der Waals surface area contributed by atoms with Gasteiger partial charge < -0.3 is 5.32 Å². The summed E-state index contributed by atoms with van der Waals surface area (Å²) >= 11 is 0. The fraction of sp³-hybridized carbons (Fsp3) is 0.647. The quantitative estimate of drug-likeness (QED) is 0.917. The molecular weight excluding hydrogens is 268 g/mol. The minimum absolute atomic E-state index is 0. The second-order valence-corrected chi connectivity index (χ2v) is 6.13. The first-order valence-electron chi connectivity index (χ1n) is 7.55. The van der Waals surface area contributed by atoms with Gasteiger partial charge in [0.1, 0.15) is 0 Å². The van der Waals surface area contributed by atoms with Crippen molar-refractivity contribution in [3.05, 3.63) is 34.4 Å². The number of benzene rings is 1. The molecule has 0 spiro atoms. The molecule has 20 heavy (non-hydrogen) atoms. The smallest absolute Gasteiger partial charge is 0.0238 e. The number of hydrogen-bond donors (Lipinski definition) is 1. The van der Waals surface area contributed by atoms with Crippen LogP contribution in [0.4, 0.5) is 0 Å². The van der Waals surface area contributed by atoms with E-state index in [4.69, 9.17) is 0 Å². The fourth-order valence-corrected chi connectivity index (χ4v) is 3.28. The Labute approximate surface area is 130 Å². The first-order chi connectivity index (χ1) is 9.08. The van der Waals surface area contributed by atoms with Gasteiger partial charge in [-0.2, -0.15) is 0 Å². The molecule has 1 saturated heterocycles. The van der Waals surface area contributed by atoms with Crippen molar-refractivity contribution < 1.29 is 0 Å². The van der Waals surface area contributed by atoms with Crippen LogP contribution in [0.1, 0.15) is 41.5 Å². The number of rotatable bonds is 3. The van der Waals surface area contributed by atoms with Crippen LogP contribution in [0.5, 0.6) is 0 Å². The number of aryl methyl sites for hydroxylation is 3. The molecule has 1 heterocycles.